The number of halogens is 1. The second kappa shape index (κ2) is 24.9. The van der Waals surface area contributed by atoms with Crippen molar-refractivity contribution >= 4 is 91.6 Å². The van der Waals surface area contributed by atoms with Gasteiger partial charge in [-0.3, -0.25) is 43.9 Å². The van der Waals surface area contributed by atoms with E-state index in [1.165, 1.54) is 38.6 Å². The number of hydrogen-bond acceptors (Lipinski definition) is 20. The van der Waals surface area contributed by atoms with Gasteiger partial charge in [-0.25, -0.2) is 18.2 Å². The van der Waals surface area contributed by atoms with Crippen LogP contribution >= 0.6 is 11.6 Å². The lowest BCUT2D eigenvalue weighted by molar-refractivity contribution is -0.385. The van der Waals surface area contributed by atoms with Gasteiger partial charge in [-0.2, -0.15) is 9.88 Å². The molecule has 3 aliphatic rings. The van der Waals surface area contributed by atoms with Gasteiger partial charge in [0.25, 0.3) is 23.4 Å². The van der Waals surface area contributed by atoms with E-state index in [1.54, 1.807) is 44.2 Å². The quantitative estimate of drug-likeness (QED) is 0.0237. The molecule has 4 heterocycles. The summed E-state index contributed by atoms with van der Waals surface area (Å²) in [5.74, 6) is -2.71. The van der Waals surface area contributed by atoms with Crippen molar-refractivity contribution in [2.75, 3.05) is 62.9 Å². The number of methoxy groups -OCH3 is 2. The molecule has 81 heavy (non-hydrogen) atoms. The van der Waals surface area contributed by atoms with Crippen molar-refractivity contribution in [3.8, 4) is 17.2 Å². The van der Waals surface area contributed by atoms with Gasteiger partial charge in [0.1, 0.15) is 23.4 Å². The Hall–Kier alpha value is -8.42. The standard InChI is InChI=1S/C55H61ClN10O14S/c1-30(2)80-43-25-36(32(5)23-40(43)61-54-59-27-37(56)50(62-54)60-38-12-8-9-14-46(38)81(75,76)31(3)4)33-17-21-63(22-18-33)28-47(67)58-20-19-57-39-13-10-11-35-49(39)53(71)64(51(35)69)41-15-16-48(68)65(52(41)70)55(72)79-29-34-24-44(77-6)45(78-7)26-42(34)66(73)74/h8-14,23-27,30-31,33,41,57H,15-22,28-29H2,1-7H3,(H,58,67)(H2,59,60,61,62). The highest BCUT2D eigenvalue weighted by molar-refractivity contribution is 7.92. The molecule has 0 bridgehead atoms. The van der Waals surface area contributed by atoms with Crippen LogP contribution in [0.4, 0.5) is 39.3 Å². The zero-order chi connectivity index (χ0) is 58.4. The Bertz CT molecular complexity index is 3430. The average molecular weight is 1150 g/mol. The highest BCUT2D eigenvalue weighted by Crippen LogP contribution is 2.40. The van der Waals surface area contributed by atoms with E-state index in [0.29, 0.717) is 35.1 Å². The Balaban J connectivity index is 0.835. The first kappa shape index (κ1) is 58.7. The third kappa shape index (κ3) is 12.8. The average Bonchev–Trinajstić information content (AvgIpc) is 4.00. The maximum atomic E-state index is 14.0. The molecule has 24 nitrogen and oxygen atoms in total. The summed E-state index contributed by atoms with van der Waals surface area (Å²) in [6.07, 6.45) is 0.671. The number of nitro benzene ring substituents is 1. The maximum absolute atomic E-state index is 14.0. The summed E-state index contributed by atoms with van der Waals surface area (Å²) in [5.41, 5.74) is 2.66. The highest BCUT2D eigenvalue weighted by Gasteiger charge is 2.50. The number of para-hydroxylation sites is 1. The van der Waals surface area contributed by atoms with E-state index < -0.39 is 74.5 Å². The number of rotatable bonds is 21. The van der Waals surface area contributed by atoms with E-state index in [9.17, 15) is 47.3 Å². The van der Waals surface area contributed by atoms with Crippen LogP contribution in [0.5, 0.6) is 17.2 Å². The molecule has 5 aromatic rings. The Morgan fingerprint density at radius 2 is 1.57 bits per heavy atom. The molecule has 3 aliphatic heterocycles. The fourth-order valence-corrected chi connectivity index (χ4v) is 11.2. The van der Waals surface area contributed by atoms with Crippen LogP contribution in [0.25, 0.3) is 0 Å². The summed E-state index contributed by atoms with van der Waals surface area (Å²) >= 11 is 6.52. The van der Waals surface area contributed by atoms with Crippen molar-refractivity contribution in [2.24, 2.45) is 0 Å². The number of fused-ring (bicyclic) bond motifs is 1. The minimum atomic E-state index is -3.63. The molecule has 0 aliphatic carbocycles. The molecule has 0 saturated carbocycles. The highest BCUT2D eigenvalue weighted by atomic mass is 35.5. The minimum Gasteiger partial charge on any atom is -0.493 e. The first-order chi connectivity index (χ1) is 38.6. The Morgan fingerprint density at radius 3 is 2.26 bits per heavy atom. The lowest BCUT2D eigenvalue weighted by Gasteiger charge is -2.33. The number of piperidine rings is 2. The van der Waals surface area contributed by atoms with Crippen LogP contribution < -0.4 is 35.5 Å². The molecule has 6 amide bonds. The number of nitrogens with zero attached hydrogens (tertiary/aromatic N) is 6. The second-order valence-electron chi connectivity index (χ2n) is 19.9. The molecule has 1 aromatic heterocycles. The third-order valence-electron chi connectivity index (χ3n) is 13.9. The van der Waals surface area contributed by atoms with Crippen molar-refractivity contribution in [3.05, 3.63) is 116 Å². The minimum absolute atomic E-state index is 0.0125. The van der Waals surface area contributed by atoms with Crippen LogP contribution in [0.1, 0.15) is 96.7 Å². The van der Waals surface area contributed by atoms with Gasteiger partial charge in [0.15, 0.2) is 27.2 Å². The fraction of sp³-hybridized carbons (Fsp3) is 0.382. The van der Waals surface area contributed by atoms with E-state index >= 15 is 0 Å². The van der Waals surface area contributed by atoms with Crippen LogP contribution in [-0.4, -0.2) is 138 Å². The number of aryl methyl sites for hydroxylation is 1. The predicted molar refractivity (Wildman–Crippen MR) is 297 cm³/mol. The molecule has 0 spiro atoms. The van der Waals surface area contributed by atoms with Crippen LogP contribution in [0.3, 0.4) is 0 Å². The van der Waals surface area contributed by atoms with Gasteiger partial charge in [-0.05, 0) is 126 Å². The second-order valence-corrected chi connectivity index (χ2v) is 22.8. The molecule has 26 heteroatoms. The lowest BCUT2D eigenvalue weighted by Crippen LogP contribution is -2.57. The van der Waals surface area contributed by atoms with Gasteiger partial charge >= 0.3 is 6.09 Å². The number of benzene rings is 4. The summed E-state index contributed by atoms with van der Waals surface area (Å²) in [4.78, 5) is 104. The first-order valence-corrected chi connectivity index (χ1v) is 27.9. The number of imide groups is 4. The van der Waals surface area contributed by atoms with Crippen molar-refractivity contribution in [2.45, 2.75) is 95.1 Å². The molecular weight excluding hydrogens is 1090 g/mol. The zero-order valence-electron chi connectivity index (χ0n) is 45.5. The van der Waals surface area contributed by atoms with Crippen LogP contribution in [-0.2, 0) is 35.6 Å². The van der Waals surface area contributed by atoms with Crippen molar-refractivity contribution < 1.29 is 61.1 Å². The molecule has 8 rings (SSSR count). The fourth-order valence-electron chi connectivity index (χ4n) is 9.82. The van der Waals surface area contributed by atoms with Gasteiger partial charge < -0.3 is 40.2 Å². The Kier molecular flexibility index (Phi) is 18.1. The van der Waals surface area contributed by atoms with E-state index in [1.807, 2.05) is 32.9 Å². The molecular formula is C55H61ClN10O14S. The molecule has 4 aromatic carbocycles. The maximum Gasteiger partial charge on any atom is 0.423 e. The molecule has 2 saturated heterocycles. The number of amides is 6. The molecule has 1 atom stereocenters. The van der Waals surface area contributed by atoms with Crippen LogP contribution in [0.2, 0.25) is 5.02 Å². The molecule has 428 valence electrons. The smallest absolute Gasteiger partial charge is 0.423 e. The van der Waals surface area contributed by atoms with Gasteiger partial charge in [-0.1, -0.05) is 29.8 Å². The molecule has 1 unspecified atom stereocenters. The number of hydrogen-bond donors (Lipinski definition) is 4. The van der Waals surface area contributed by atoms with E-state index in [4.69, 9.17) is 30.5 Å². The monoisotopic (exact) mass is 1150 g/mol. The molecule has 0 radical (unpaired) electrons. The summed E-state index contributed by atoms with van der Waals surface area (Å²) in [6, 6.07) is 15.8. The summed E-state index contributed by atoms with van der Waals surface area (Å²) < 4.78 is 48.1. The van der Waals surface area contributed by atoms with E-state index in [0.717, 1.165) is 30.0 Å². The molecule has 2 fully saturated rings. The Morgan fingerprint density at radius 1 is 0.864 bits per heavy atom. The largest absolute Gasteiger partial charge is 0.493 e. The normalized spacial score (nSPS) is 15.9. The number of anilines is 5. The number of nitro groups is 1. The third-order valence-corrected chi connectivity index (χ3v) is 16.4. The molecule has 4 N–H and O–H groups in total. The lowest BCUT2D eigenvalue weighted by atomic mass is 9.86. The summed E-state index contributed by atoms with van der Waals surface area (Å²) in [7, 11) is -1.05. The number of ether oxygens (including phenoxy) is 4. The zero-order valence-corrected chi connectivity index (χ0v) is 47.1. The van der Waals surface area contributed by atoms with Gasteiger partial charge in [0.2, 0.25) is 17.8 Å². The summed E-state index contributed by atoms with van der Waals surface area (Å²) in [6.45, 7) is 10.1. The number of sulfone groups is 1. The van der Waals surface area contributed by atoms with E-state index in [2.05, 4.69) is 36.1 Å². The van der Waals surface area contributed by atoms with Crippen molar-refractivity contribution in [1.29, 1.82) is 0 Å². The SMILES string of the molecule is COc1cc(COC(=O)N2C(=O)CCC(N3C(=O)c4cccc(NCCNC(=O)CN5CCC(c6cc(OC(C)C)c(Nc7ncc(Cl)c(Nc8ccccc8S(=O)(=O)C(C)C)n7)cc6C)CC5)c4C3=O)C2=O)c([N+](=O)[O-])cc1OC. The van der Waals surface area contributed by atoms with E-state index in [-0.39, 0.29) is 104 Å². The van der Waals surface area contributed by atoms with Gasteiger partial charge in [0, 0.05) is 25.2 Å². The van der Waals surface area contributed by atoms with Crippen LogP contribution in [0, 0.1) is 17.0 Å². The van der Waals surface area contributed by atoms with Crippen LogP contribution in [0.15, 0.2) is 77.8 Å². The number of carbonyl (C=O) groups excluding carboxylic acids is 6. The number of nitrogens with one attached hydrogen (secondary N) is 4. The summed E-state index contributed by atoms with van der Waals surface area (Å²) in [5, 5.41) is 23.7. The van der Waals surface area contributed by atoms with Gasteiger partial charge in [-0.15, -0.1) is 0 Å². The van der Waals surface area contributed by atoms with Crippen molar-refractivity contribution in [1.82, 2.24) is 30.0 Å². The number of aromatic nitrogens is 2. The predicted octanol–water partition coefficient (Wildman–Crippen LogP) is 7.68. The first-order valence-electron chi connectivity index (χ1n) is 26.0. The number of likely N-dealkylation sites (tertiary alicyclic amines) is 2. The van der Waals surface area contributed by atoms with Gasteiger partial charge in [0.05, 0.1) is 82.3 Å². The Labute approximate surface area is 471 Å². The van der Waals surface area contributed by atoms with Crippen molar-refractivity contribution in [3.63, 3.8) is 0 Å². The topological polar surface area (TPSA) is 300 Å². The number of carbonyl (C=O) groups is 6.